The Kier molecular flexibility index (Phi) is 3.96. The van der Waals surface area contributed by atoms with Crippen LogP contribution in [0.1, 0.15) is 20.0 Å². The number of hydrogen-bond donors (Lipinski definition) is 3. The van der Waals surface area contributed by atoms with E-state index in [1.807, 2.05) is 0 Å². The first-order valence-corrected chi connectivity index (χ1v) is 7.91. The zero-order valence-corrected chi connectivity index (χ0v) is 12.1. The van der Waals surface area contributed by atoms with Gasteiger partial charge in [0.25, 0.3) is 10.0 Å². The molecule has 4 N–H and O–H groups in total. The van der Waals surface area contributed by atoms with Crippen molar-refractivity contribution in [3.05, 3.63) is 46.2 Å². The lowest BCUT2D eigenvalue weighted by Crippen LogP contribution is -2.16. The Balaban J connectivity index is 2.38. The Morgan fingerprint density at radius 3 is 2.57 bits per heavy atom. The molecule has 9 heteroatoms. The number of amides is 1. The number of nitrogens with one attached hydrogen (secondary N) is 1. The largest absolute Gasteiger partial charge is 0.477 e. The Labute approximate surface area is 124 Å². The van der Waals surface area contributed by atoms with Gasteiger partial charge in [-0.15, -0.1) is 11.3 Å². The van der Waals surface area contributed by atoms with E-state index in [4.69, 9.17) is 10.8 Å². The average Bonchev–Trinajstić information content (AvgIpc) is 2.88. The summed E-state index contributed by atoms with van der Waals surface area (Å²) in [4.78, 5) is 21.4. The van der Waals surface area contributed by atoms with Crippen molar-refractivity contribution < 1.29 is 23.1 Å². The van der Waals surface area contributed by atoms with Crippen molar-refractivity contribution in [3.63, 3.8) is 0 Å². The second-order valence-electron chi connectivity index (χ2n) is 3.97. The summed E-state index contributed by atoms with van der Waals surface area (Å²) in [6, 6.07) is 6.80. The van der Waals surface area contributed by atoms with E-state index in [0.29, 0.717) is 0 Å². The van der Waals surface area contributed by atoms with Crippen LogP contribution in [-0.4, -0.2) is 25.4 Å². The standard InChI is InChI=1S/C12H10N2O5S2/c13-11(15)7-2-1-3-8(6-7)14-21(18,19)9-4-5-20-10(9)12(16)17/h1-6,14H,(H2,13,15)(H,16,17). The minimum atomic E-state index is -4.06. The molecule has 2 rings (SSSR count). The molecule has 0 unspecified atom stereocenters. The number of nitrogens with two attached hydrogens (primary N) is 1. The summed E-state index contributed by atoms with van der Waals surface area (Å²) >= 11 is 0.810. The minimum Gasteiger partial charge on any atom is -0.477 e. The van der Waals surface area contributed by atoms with E-state index in [0.717, 1.165) is 11.3 Å². The molecule has 0 aliphatic heterocycles. The van der Waals surface area contributed by atoms with Crippen LogP contribution in [0.2, 0.25) is 0 Å². The molecule has 0 spiro atoms. The van der Waals surface area contributed by atoms with Gasteiger partial charge in [-0.05, 0) is 29.6 Å². The smallest absolute Gasteiger partial charge is 0.347 e. The highest BCUT2D eigenvalue weighted by atomic mass is 32.2. The summed E-state index contributed by atoms with van der Waals surface area (Å²) < 4.78 is 26.6. The van der Waals surface area contributed by atoms with E-state index >= 15 is 0 Å². The molecule has 21 heavy (non-hydrogen) atoms. The van der Waals surface area contributed by atoms with Crippen LogP contribution in [0.5, 0.6) is 0 Å². The molecular formula is C12H10N2O5S2. The van der Waals surface area contributed by atoms with Crippen LogP contribution in [0.3, 0.4) is 0 Å². The number of aromatic carboxylic acids is 1. The molecule has 0 saturated heterocycles. The average molecular weight is 326 g/mol. The second-order valence-corrected chi connectivity index (χ2v) is 6.54. The number of carboxylic acid groups (broad SMARTS) is 1. The summed E-state index contributed by atoms with van der Waals surface area (Å²) in [7, 11) is -4.06. The first-order chi connectivity index (χ1) is 9.81. The van der Waals surface area contributed by atoms with Gasteiger partial charge in [-0.25, -0.2) is 13.2 Å². The van der Waals surface area contributed by atoms with Gasteiger partial charge in [-0.1, -0.05) is 6.07 Å². The summed E-state index contributed by atoms with van der Waals surface area (Å²) in [5, 5.41) is 10.3. The summed E-state index contributed by atoms with van der Waals surface area (Å²) in [6.45, 7) is 0. The molecule has 0 saturated carbocycles. The number of thiophene rings is 1. The molecule has 0 radical (unpaired) electrons. The number of carbonyl (C=O) groups is 2. The van der Waals surface area contributed by atoms with E-state index in [-0.39, 0.29) is 21.0 Å². The number of carboxylic acids is 1. The molecule has 1 aromatic heterocycles. The molecule has 1 aromatic carbocycles. The zero-order valence-electron chi connectivity index (χ0n) is 10.4. The number of carbonyl (C=O) groups excluding carboxylic acids is 1. The molecule has 1 heterocycles. The number of hydrogen-bond acceptors (Lipinski definition) is 5. The Hall–Kier alpha value is -2.39. The van der Waals surface area contributed by atoms with Crippen molar-refractivity contribution in [3.8, 4) is 0 Å². The lowest BCUT2D eigenvalue weighted by Gasteiger charge is -2.08. The molecule has 0 aliphatic rings. The Bertz CT molecular complexity index is 811. The van der Waals surface area contributed by atoms with E-state index in [1.165, 1.54) is 35.7 Å². The fourth-order valence-corrected chi connectivity index (χ4v) is 3.92. The van der Waals surface area contributed by atoms with Crippen LogP contribution in [0.4, 0.5) is 5.69 Å². The van der Waals surface area contributed by atoms with Crippen LogP contribution in [0.25, 0.3) is 0 Å². The Morgan fingerprint density at radius 1 is 1.24 bits per heavy atom. The number of sulfonamides is 1. The predicted molar refractivity (Wildman–Crippen MR) is 77.0 cm³/mol. The van der Waals surface area contributed by atoms with Gasteiger partial charge >= 0.3 is 5.97 Å². The Morgan fingerprint density at radius 2 is 1.95 bits per heavy atom. The van der Waals surface area contributed by atoms with Gasteiger partial charge in [-0.2, -0.15) is 0 Å². The van der Waals surface area contributed by atoms with Crippen molar-refractivity contribution >= 4 is 38.9 Å². The maximum absolute atomic E-state index is 12.2. The highest BCUT2D eigenvalue weighted by Gasteiger charge is 2.24. The summed E-state index contributed by atoms with van der Waals surface area (Å²) in [5.41, 5.74) is 5.37. The minimum absolute atomic E-state index is 0.119. The summed E-state index contributed by atoms with van der Waals surface area (Å²) in [6.07, 6.45) is 0. The number of primary amides is 1. The van der Waals surface area contributed by atoms with Gasteiger partial charge in [0.05, 0.1) is 0 Å². The molecule has 0 atom stereocenters. The second kappa shape index (κ2) is 5.54. The number of anilines is 1. The van der Waals surface area contributed by atoms with Gasteiger partial charge in [0.1, 0.15) is 9.77 Å². The molecular weight excluding hydrogens is 316 g/mol. The maximum Gasteiger partial charge on any atom is 0.347 e. The van der Waals surface area contributed by atoms with E-state index in [9.17, 15) is 18.0 Å². The first-order valence-electron chi connectivity index (χ1n) is 5.55. The van der Waals surface area contributed by atoms with Gasteiger partial charge < -0.3 is 10.8 Å². The van der Waals surface area contributed by atoms with Crippen LogP contribution in [0.15, 0.2) is 40.6 Å². The van der Waals surface area contributed by atoms with Crippen LogP contribution in [-0.2, 0) is 10.0 Å². The van der Waals surface area contributed by atoms with Crippen molar-refractivity contribution in [2.45, 2.75) is 4.90 Å². The van der Waals surface area contributed by atoms with Crippen LogP contribution >= 0.6 is 11.3 Å². The van der Waals surface area contributed by atoms with Crippen LogP contribution in [0, 0.1) is 0 Å². The monoisotopic (exact) mass is 326 g/mol. The topological polar surface area (TPSA) is 127 Å². The normalized spacial score (nSPS) is 11.0. The van der Waals surface area contributed by atoms with Crippen LogP contribution < -0.4 is 10.5 Å². The molecule has 1 amide bonds. The predicted octanol–water partition coefficient (Wildman–Crippen LogP) is 1.35. The molecule has 7 nitrogen and oxygen atoms in total. The van der Waals surface area contributed by atoms with Gasteiger partial charge in [-0.3, -0.25) is 9.52 Å². The van der Waals surface area contributed by atoms with Crippen molar-refractivity contribution in [2.75, 3.05) is 4.72 Å². The summed E-state index contributed by atoms with van der Waals surface area (Å²) in [5.74, 6) is -2.02. The molecule has 0 bridgehead atoms. The SMILES string of the molecule is NC(=O)c1cccc(NS(=O)(=O)c2ccsc2C(=O)O)c1. The number of rotatable bonds is 5. The maximum atomic E-state index is 12.2. The first kappa shape index (κ1) is 15.0. The van der Waals surface area contributed by atoms with Crippen molar-refractivity contribution in [2.24, 2.45) is 5.73 Å². The molecule has 0 fully saturated rings. The quantitative estimate of drug-likeness (QED) is 0.764. The lowest BCUT2D eigenvalue weighted by atomic mass is 10.2. The number of benzene rings is 1. The van der Waals surface area contributed by atoms with Crippen molar-refractivity contribution in [1.29, 1.82) is 0 Å². The van der Waals surface area contributed by atoms with E-state index in [1.54, 1.807) is 0 Å². The third-order valence-electron chi connectivity index (χ3n) is 2.51. The third-order valence-corrected chi connectivity index (χ3v) is 4.97. The fourth-order valence-electron chi connectivity index (χ4n) is 1.61. The van der Waals surface area contributed by atoms with E-state index < -0.39 is 21.9 Å². The fraction of sp³-hybridized carbons (Fsp3) is 0. The van der Waals surface area contributed by atoms with Gasteiger partial charge in [0, 0.05) is 11.3 Å². The highest BCUT2D eigenvalue weighted by Crippen LogP contribution is 2.24. The molecule has 2 aromatic rings. The lowest BCUT2D eigenvalue weighted by molar-refractivity contribution is 0.0698. The molecule has 110 valence electrons. The van der Waals surface area contributed by atoms with Gasteiger partial charge in [0.2, 0.25) is 5.91 Å². The highest BCUT2D eigenvalue weighted by molar-refractivity contribution is 7.93. The van der Waals surface area contributed by atoms with Gasteiger partial charge in [0.15, 0.2) is 0 Å². The van der Waals surface area contributed by atoms with E-state index in [2.05, 4.69) is 4.72 Å². The zero-order chi connectivity index (χ0) is 15.6. The third kappa shape index (κ3) is 3.20. The van der Waals surface area contributed by atoms with Crippen molar-refractivity contribution in [1.82, 2.24) is 0 Å². The molecule has 0 aliphatic carbocycles.